The summed E-state index contributed by atoms with van der Waals surface area (Å²) in [5, 5.41) is 2.19. The van der Waals surface area contributed by atoms with Crippen LogP contribution in [0.1, 0.15) is 11.1 Å². The summed E-state index contributed by atoms with van der Waals surface area (Å²) in [4.78, 5) is 7.32. The molecule has 0 aliphatic rings. The summed E-state index contributed by atoms with van der Waals surface area (Å²) < 4.78 is 13.3. The van der Waals surface area contributed by atoms with Crippen LogP contribution in [0.2, 0.25) is 0 Å². The molecule has 2 nitrogen and oxygen atoms in total. The minimum atomic E-state index is -0.217. The van der Waals surface area contributed by atoms with E-state index in [1.54, 1.807) is 12.4 Å². The minimum absolute atomic E-state index is 0.217. The number of nitrogens with one attached hydrogen (secondary N) is 1. The maximum absolute atomic E-state index is 13.3. The van der Waals surface area contributed by atoms with Crippen molar-refractivity contribution < 1.29 is 4.39 Å². The molecule has 3 heteroatoms. The normalized spacial score (nSPS) is 11.3. The zero-order valence-corrected chi connectivity index (χ0v) is 11.3. The highest BCUT2D eigenvalue weighted by Crippen LogP contribution is 2.27. The molecule has 0 spiro atoms. The van der Waals surface area contributed by atoms with Crippen LogP contribution in [0.4, 0.5) is 4.39 Å². The van der Waals surface area contributed by atoms with Gasteiger partial charge in [-0.05, 0) is 53.9 Å². The lowest BCUT2D eigenvalue weighted by atomic mass is 10.0. The van der Waals surface area contributed by atoms with E-state index in [0.29, 0.717) is 0 Å². The zero-order valence-electron chi connectivity index (χ0n) is 11.3. The molecule has 0 saturated carbocycles. The van der Waals surface area contributed by atoms with Crippen LogP contribution in [0.3, 0.4) is 0 Å². The van der Waals surface area contributed by atoms with Crippen molar-refractivity contribution >= 4 is 21.8 Å². The third kappa shape index (κ3) is 2.17. The first kappa shape index (κ1) is 12.1. The number of aromatic nitrogens is 2. The van der Waals surface area contributed by atoms with Crippen LogP contribution in [0.15, 0.2) is 60.9 Å². The number of benzene rings is 2. The molecule has 0 radical (unpaired) electrons. The van der Waals surface area contributed by atoms with E-state index >= 15 is 0 Å². The van der Waals surface area contributed by atoms with Crippen molar-refractivity contribution in [1.29, 1.82) is 0 Å². The van der Waals surface area contributed by atoms with Crippen LogP contribution >= 0.6 is 0 Å². The van der Waals surface area contributed by atoms with E-state index in [0.717, 1.165) is 28.2 Å². The Balaban J connectivity index is 1.81. The summed E-state index contributed by atoms with van der Waals surface area (Å²) >= 11 is 0. The highest BCUT2D eigenvalue weighted by molar-refractivity contribution is 6.07. The fourth-order valence-electron chi connectivity index (χ4n) is 2.78. The van der Waals surface area contributed by atoms with Crippen LogP contribution in [0, 0.1) is 5.82 Å². The van der Waals surface area contributed by atoms with Crippen molar-refractivity contribution in [2.75, 3.05) is 0 Å². The molecule has 2 heterocycles. The molecular formula is C18H13FN2. The van der Waals surface area contributed by atoms with Gasteiger partial charge in [0.15, 0.2) is 0 Å². The number of rotatable bonds is 2. The Morgan fingerprint density at radius 2 is 1.52 bits per heavy atom. The second-order valence-electron chi connectivity index (χ2n) is 5.23. The van der Waals surface area contributed by atoms with Crippen molar-refractivity contribution in [3.63, 3.8) is 0 Å². The average Bonchev–Trinajstić information content (AvgIpc) is 2.84. The van der Waals surface area contributed by atoms with Gasteiger partial charge in [-0.2, -0.15) is 0 Å². The molecule has 21 heavy (non-hydrogen) atoms. The highest BCUT2D eigenvalue weighted by atomic mass is 19.1. The SMILES string of the molecule is Fc1ccc2c(c1)[nH]c1cc(Cc3ccncc3)ccc12. The fourth-order valence-corrected chi connectivity index (χ4v) is 2.78. The third-order valence-corrected chi connectivity index (χ3v) is 3.78. The van der Waals surface area contributed by atoms with E-state index in [1.807, 2.05) is 18.2 Å². The summed E-state index contributed by atoms with van der Waals surface area (Å²) in [7, 11) is 0. The Hall–Kier alpha value is -2.68. The number of pyridine rings is 1. The van der Waals surface area contributed by atoms with Gasteiger partial charge in [-0.25, -0.2) is 4.39 Å². The number of halogens is 1. The van der Waals surface area contributed by atoms with Gasteiger partial charge in [0, 0.05) is 34.2 Å². The van der Waals surface area contributed by atoms with E-state index in [1.165, 1.54) is 23.3 Å². The Morgan fingerprint density at radius 3 is 2.33 bits per heavy atom. The number of hydrogen-bond acceptors (Lipinski definition) is 1. The maximum Gasteiger partial charge on any atom is 0.125 e. The fraction of sp³-hybridized carbons (Fsp3) is 0.0556. The lowest BCUT2D eigenvalue weighted by Gasteiger charge is -2.02. The molecule has 0 bridgehead atoms. The van der Waals surface area contributed by atoms with Gasteiger partial charge in [0.05, 0.1) is 0 Å². The molecule has 2 aromatic carbocycles. The molecular weight excluding hydrogens is 263 g/mol. The third-order valence-electron chi connectivity index (χ3n) is 3.78. The van der Waals surface area contributed by atoms with Gasteiger partial charge in [0.2, 0.25) is 0 Å². The van der Waals surface area contributed by atoms with Crippen molar-refractivity contribution in [3.05, 3.63) is 77.9 Å². The van der Waals surface area contributed by atoms with Crippen LogP contribution in [-0.4, -0.2) is 9.97 Å². The monoisotopic (exact) mass is 276 g/mol. The van der Waals surface area contributed by atoms with Gasteiger partial charge in [0.25, 0.3) is 0 Å². The molecule has 1 N–H and O–H groups in total. The molecule has 4 aromatic rings. The first-order valence-electron chi connectivity index (χ1n) is 6.88. The maximum atomic E-state index is 13.3. The number of nitrogens with zero attached hydrogens (tertiary/aromatic N) is 1. The summed E-state index contributed by atoms with van der Waals surface area (Å²) in [5.41, 5.74) is 4.33. The van der Waals surface area contributed by atoms with Crippen molar-refractivity contribution in [2.24, 2.45) is 0 Å². The quantitative estimate of drug-likeness (QED) is 0.576. The van der Waals surface area contributed by atoms with Crippen molar-refractivity contribution in [2.45, 2.75) is 6.42 Å². The molecule has 0 unspecified atom stereocenters. The van der Waals surface area contributed by atoms with E-state index in [-0.39, 0.29) is 5.82 Å². The van der Waals surface area contributed by atoms with Gasteiger partial charge in [-0.3, -0.25) is 4.98 Å². The van der Waals surface area contributed by atoms with E-state index in [2.05, 4.69) is 28.2 Å². The predicted molar refractivity (Wildman–Crippen MR) is 82.8 cm³/mol. The molecule has 0 atom stereocenters. The lowest BCUT2D eigenvalue weighted by molar-refractivity contribution is 0.629. The molecule has 0 fully saturated rings. The average molecular weight is 276 g/mol. The summed E-state index contributed by atoms with van der Waals surface area (Å²) in [6, 6.07) is 15.3. The van der Waals surface area contributed by atoms with Crippen LogP contribution in [-0.2, 0) is 6.42 Å². The Labute approximate surface area is 121 Å². The summed E-state index contributed by atoms with van der Waals surface area (Å²) in [5.74, 6) is -0.217. The zero-order chi connectivity index (χ0) is 14.2. The highest BCUT2D eigenvalue weighted by Gasteiger charge is 2.06. The van der Waals surface area contributed by atoms with Gasteiger partial charge >= 0.3 is 0 Å². The lowest BCUT2D eigenvalue weighted by Crippen LogP contribution is -1.88. The minimum Gasteiger partial charge on any atom is -0.354 e. The Bertz CT molecular complexity index is 926. The second-order valence-corrected chi connectivity index (χ2v) is 5.23. The topological polar surface area (TPSA) is 28.7 Å². The summed E-state index contributed by atoms with van der Waals surface area (Å²) in [6.07, 6.45) is 4.47. The predicted octanol–water partition coefficient (Wildman–Crippen LogP) is 4.45. The smallest absolute Gasteiger partial charge is 0.125 e. The van der Waals surface area contributed by atoms with Gasteiger partial charge in [0.1, 0.15) is 5.82 Å². The Kier molecular flexibility index (Phi) is 2.71. The molecule has 4 rings (SSSR count). The number of hydrogen-bond donors (Lipinski definition) is 1. The van der Waals surface area contributed by atoms with Gasteiger partial charge < -0.3 is 4.98 Å². The van der Waals surface area contributed by atoms with Crippen molar-refractivity contribution in [3.8, 4) is 0 Å². The van der Waals surface area contributed by atoms with Crippen LogP contribution in [0.25, 0.3) is 21.8 Å². The largest absolute Gasteiger partial charge is 0.354 e. The van der Waals surface area contributed by atoms with Crippen LogP contribution < -0.4 is 0 Å². The van der Waals surface area contributed by atoms with Gasteiger partial charge in [-0.1, -0.05) is 12.1 Å². The van der Waals surface area contributed by atoms with E-state index in [4.69, 9.17) is 0 Å². The first-order valence-corrected chi connectivity index (χ1v) is 6.88. The molecule has 2 aromatic heterocycles. The van der Waals surface area contributed by atoms with Crippen LogP contribution in [0.5, 0.6) is 0 Å². The molecule has 0 aliphatic carbocycles. The molecule has 0 aliphatic heterocycles. The molecule has 0 amide bonds. The number of fused-ring (bicyclic) bond motifs is 3. The van der Waals surface area contributed by atoms with Crippen molar-refractivity contribution in [1.82, 2.24) is 9.97 Å². The molecule has 102 valence electrons. The second kappa shape index (κ2) is 4.70. The standard InChI is InChI=1S/C18H13FN2/c19-14-2-4-16-15-3-1-13(9-12-5-7-20-8-6-12)10-17(15)21-18(16)11-14/h1-8,10-11,21H,9H2. The number of H-pyrrole nitrogens is 1. The number of aromatic amines is 1. The van der Waals surface area contributed by atoms with E-state index in [9.17, 15) is 4.39 Å². The van der Waals surface area contributed by atoms with Gasteiger partial charge in [-0.15, -0.1) is 0 Å². The van der Waals surface area contributed by atoms with E-state index < -0.39 is 0 Å². The Morgan fingerprint density at radius 1 is 0.810 bits per heavy atom. The summed E-state index contributed by atoms with van der Waals surface area (Å²) in [6.45, 7) is 0. The molecule has 0 saturated heterocycles. The first-order chi connectivity index (χ1) is 10.3.